The molecule has 0 saturated carbocycles. The van der Waals surface area contributed by atoms with Gasteiger partial charge in [0.25, 0.3) is 11.8 Å². The second kappa shape index (κ2) is 25.5. The highest BCUT2D eigenvalue weighted by atomic mass is 32.1. The van der Waals surface area contributed by atoms with Gasteiger partial charge in [-0.05, 0) is 85.9 Å². The first kappa shape index (κ1) is 59.4. The molecule has 21 nitrogen and oxygen atoms in total. The summed E-state index contributed by atoms with van der Waals surface area (Å²) < 4.78 is 41.3. The average molecular weight is 1180 g/mol. The van der Waals surface area contributed by atoms with E-state index in [0.717, 1.165) is 40.7 Å². The van der Waals surface area contributed by atoms with Crippen LogP contribution in [0.15, 0.2) is 97.1 Å². The lowest BCUT2D eigenvalue weighted by molar-refractivity contribution is -0.145. The van der Waals surface area contributed by atoms with E-state index in [0.29, 0.717) is 48.8 Å². The van der Waals surface area contributed by atoms with Crippen molar-refractivity contribution in [1.29, 1.82) is 0 Å². The van der Waals surface area contributed by atoms with Crippen molar-refractivity contribution >= 4 is 82.3 Å². The number of nitrogens with two attached hydrogens (primary N) is 1. The number of hydrogen-bond acceptors (Lipinski definition) is 12. The Morgan fingerprint density at radius 3 is 2.28 bits per heavy atom. The topological polar surface area (TPSA) is 308 Å². The highest BCUT2D eigenvalue weighted by Crippen LogP contribution is 2.59. The predicted molar refractivity (Wildman–Crippen MR) is 297 cm³/mol. The molecular weight excluding hydrogens is 1120 g/mol. The second-order valence-corrected chi connectivity index (χ2v) is 23.5. The fraction of sp³-hybridized carbons (Fsp3) is 0.379. The van der Waals surface area contributed by atoms with Gasteiger partial charge in [-0.1, -0.05) is 91.1 Å². The van der Waals surface area contributed by atoms with Gasteiger partial charge >= 0.3 is 13.3 Å². The average Bonchev–Trinajstić information content (AvgIpc) is 4.43. The molecule has 3 fully saturated rings. The lowest BCUT2D eigenvalue weighted by atomic mass is 9.98. The minimum atomic E-state index is -5.95. The number of aromatic nitrogens is 1. The first-order valence-corrected chi connectivity index (χ1v) is 29.6. The minimum Gasteiger partial charge on any atom is -0.370 e. The Labute approximate surface area is 479 Å². The maximum Gasteiger partial charge on any atom is 0.399 e. The number of fused-ring (bicyclic) bond motifs is 3. The normalized spacial score (nSPS) is 19.5. The Hall–Kier alpha value is -8.23. The molecular formula is C58H60F2N9O12PS. The summed E-state index contributed by atoms with van der Waals surface area (Å²) in [5.41, 5.74) is 3.03. The summed E-state index contributed by atoms with van der Waals surface area (Å²) in [4.78, 5) is 149. The van der Waals surface area contributed by atoms with Gasteiger partial charge in [0, 0.05) is 68.0 Å². The number of benzene rings is 4. The van der Waals surface area contributed by atoms with Crippen molar-refractivity contribution in [1.82, 2.24) is 41.0 Å². The van der Waals surface area contributed by atoms with Crippen molar-refractivity contribution in [2.24, 2.45) is 5.73 Å². The first-order valence-electron chi connectivity index (χ1n) is 27.2. The maximum absolute atomic E-state index is 15.0. The van der Waals surface area contributed by atoms with Gasteiger partial charge in [0.05, 0.1) is 16.3 Å². The van der Waals surface area contributed by atoms with Crippen LogP contribution in [0.5, 0.6) is 0 Å². The van der Waals surface area contributed by atoms with Crippen LogP contribution in [0.2, 0.25) is 0 Å². The number of rotatable bonds is 19. The van der Waals surface area contributed by atoms with Gasteiger partial charge in [-0.2, -0.15) is 8.78 Å². The smallest absolute Gasteiger partial charge is 0.370 e. The molecule has 0 radical (unpaired) electrons. The molecule has 83 heavy (non-hydrogen) atoms. The molecule has 4 aliphatic heterocycles. The molecule has 0 bridgehead atoms. The molecule has 5 heterocycles. The number of imide groups is 1. The molecule has 0 aliphatic carbocycles. The van der Waals surface area contributed by atoms with Gasteiger partial charge in [-0.15, -0.1) is 11.3 Å². The van der Waals surface area contributed by atoms with Gasteiger partial charge in [-0.3, -0.25) is 53.0 Å². The summed E-state index contributed by atoms with van der Waals surface area (Å²) in [5, 5.41) is 10.5. The number of halogens is 2. The van der Waals surface area contributed by atoms with Crippen molar-refractivity contribution in [3.8, 4) is 11.8 Å². The number of carbonyl (C=O) groups is 9. The highest BCUT2D eigenvalue weighted by molar-refractivity contribution is 7.52. The first-order chi connectivity index (χ1) is 39.7. The van der Waals surface area contributed by atoms with Crippen molar-refractivity contribution in [3.63, 3.8) is 0 Å². The Morgan fingerprint density at radius 2 is 1.59 bits per heavy atom. The standard InChI is InChI=1S/C58H60F2N9O12PS/c59-58(60,82(79,80)81)37-21-26-46-42(31-37)64-55(83-46)54(76)63-43-33-67(49(72)20-11-3-1-2-6-13-34-18-12-19-39-40(34)32-68(56(39)77)44-25-28-48(71)65-52(44)74)30-29-38-22-24-45(69(38)57(43)78)53(75)62-41(23-27-47(61)70)51(73)66-50(35-14-7-4-8-15-35)36-16-9-5-10-17-36/h4-5,7-10,12,14-19,21,26,31,38,41,43-45,50H,1-3,11,20,22-25,27-30,32-33H2,(H2,61,70)(H,62,75)(H,63,76)(H,66,73)(H,65,71,74)(H2,79,80,81)/t38-,41+,43+,44?,45+/m1/s1. The zero-order valence-electron chi connectivity index (χ0n) is 44.8. The van der Waals surface area contributed by atoms with Crippen LogP contribution in [-0.2, 0) is 50.3 Å². The van der Waals surface area contributed by atoms with Crippen LogP contribution >= 0.6 is 18.9 Å². The van der Waals surface area contributed by atoms with Crippen molar-refractivity contribution < 1.29 is 66.3 Å². The molecule has 8 N–H and O–H groups in total. The van der Waals surface area contributed by atoms with Crippen LogP contribution in [-0.4, -0.2) is 126 Å². The Balaban J connectivity index is 0.888. The predicted octanol–water partition coefficient (Wildman–Crippen LogP) is 4.63. The monoisotopic (exact) mass is 1180 g/mol. The molecule has 25 heteroatoms. The van der Waals surface area contributed by atoms with E-state index in [9.17, 15) is 61.5 Å². The molecule has 1 unspecified atom stereocenters. The number of primary amides is 1. The van der Waals surface area contributed by atoms with Crippen LogP contribution in [0, 0.1) is 11.8 Å². The zero-order valence-corrected chi connectivity index (χ0v) is 46.5. The Kier molecular flexibility index (Phi) is 18.2. The number of unbranched alkanes of at least 4 members (excludes halogenated alkanes) is 3. The third kappa shape index (κ3) is 13.5. The number of carbonyl (C=O) groups excluding carboxylic acids is 9. The fourth-order valence-electron chi connectivity index (χ4n) is 11.0. The van der Waals surface area contributed by atoms with Gasteiger partial charge in [0.1, 0.15) is 24.2 Å². The number of nitrogens with one attached hydrogen (secondary N) is 4. The molecule has 434 valence electrons. The minimum absolute atomic E-state index is 0.0653. The molecule has 9 amide bonds. The number of amides is 9. The highest BCUT2D eigenvalue weighted by Gasteiger charge is 2.51. The van der Waals surface area contributed by atoms with Crippen molar-refractivity contribution in [2.75, 3.05) is 13.1 Å². The summed E-state index contributed by atoms with van der Waals surface area (Å²) in [6.07, 6.45) is 2.76. The van der Waals surface area contributed by atoms with E-state index in [4.69, 9.17) is 5.73 Å². The number of alkyl halides is 2. The quantitative estimate of drug-likeness (QED) is 0.0257. The molecule has 0 spiro atoms. The largest absolute Gasteiger partial charge is 0.399 e. The maximum atomic E-state index is 15.0. The van der Waals surface area contributed by atoms with Crippen LogP contribution in [0.1, 0.15) is 131 Å². The Bertz CT molecular complexity index is 3440. The van der Waals surface area contributed by atoms with Gasteiger partial charge < -0.3 is 46.2 Å². The summed E-state index contributed by atoms with van der Waals surface area (Å²) in [6, 6.07) is 20.2. The number of nitrogens with zero attached hydrogens (tertiary/aromatic N) is 4. The molecule has 5 aromatic rings. The molecule has 5 atom stereocenters. The second-order valence-electron chi connectivity index (χ2n) is 20.9. The van der Waals surface area contributed by atoms with E-state index in [1.165, 1.54) is 14.7 Å². The van der Waals surface area contributed by atoms with E-state index in [1.807, 2.05) is 60.7 Å². The van der Waals surface area contributed by atoms with E-state index < -0.39 is 90.5 Å². The molecule has 1 aromatic heterocycles. The SMILES string of the molecule is NC(=O)CC[C@H](NC(=O)[C@@H]1CC[C@@H]2CCN(C(=O)CCCCCC#Cc3cccc4c3CN(C3CCC(=O)NC3=O)C4=O)C[C@H](NC(=O)c3nc4cc(C(F)(F)P(=O)(O)O)ccc4s3)C(=O)N21)C(=O)NC(c1ccccc1)c1ccccc1. The van der Waals surface area contributed by atoms with E-state index >= 15 is 4.79 Å². The lowest BCUT2D eigenvalue weighted by Crippen LogP contribution is -2.62. The van der Waals surface area contributed by atoms with E-state index in [2.05, 4.69) is 38.1 Å². The van der Waals surface area contributed by atoms with Gasteiger partial charge in [0.2, 0.25) is 41.4 Å². The number of piperidine rings is 1. The summed E-state index contributed by atoms with van der Waals surface area (Å²) in [6.45, 7) is -0.0472. The van der Waals surface area contributed by atoms with Crippen LogP contribution in [0.3, 0.4) is 0 Å². The van der Waals surface area contributed by atoms with Crippen LogP contribution in [0.4, 0.5) is 8.78 Å². The van der Waals surface area contributed by atoms with Gasteiger partial charge in [-0.25, -0.2) is 4.98 Å². The molecule has 4 aromatic carbocycles. The van der Waals surface area contributed by atoms with E-state index in [-0.39, 0.29) is 97.5 Å². The summed E-state index contributed by atoms with van der Waals surface area (Å²) in [7, 11) is -5.95. The lowest BCUT2D eigenvalue weighted by Gasteiger charge is -2.39. The van der Waals surface area contributed by atoms with Crippen molar-refractivity contribution in [3.05, 3.63) is 135 Å². The van der Waals surface area contributed by atoms with E-state index in [1.54, 1.807) is 18.2 Å². The van der Waals surface area contributed by atoms with Crippen LogP contribution < -0.4 is 27.0 Å². The van der Waals surface area contributed by atoms with Crippen molar-refractivity contribution in [2.45, 2.75) is 126 Å². The number of thiazole rings is 1. The zero-order chi connectivity index (χ0) is 59.2. The molecule has 4 aliphatic rings. The van der Waals surface area contributed by atoms with Crippen LogP contribution in [0.25, 0.3) is 10.2 Å². The fourth-order valence-corrected chi connectivity index (χ4v) is 12.3. The molecule has 3 saturated heterocycles. The van der Waals surface area contributed by atoms with Gasteiger partial charge in [0.15, 0.2) is 5.01 Å². The third-order valence-electron chi connectivity index (χ3n) is 15.3. The summed E-state index contributed by atoms with van der Waals surface area (Å²) >= 11 is 0.759. The summed E-state index contributed by atoms with van der Waals surface area (Å²) in [5.74, 6) is 1.06. The Morgan fingerprint density at radius 1 is 0.867 bits per heavy atom. The third-order valence-corrected chi connectivity index (χ3v) is 17.3. The number of hydrogen-bond donors (Lipinski definition) is 7. The molecule has 9 rings (SSSR count).